The van der Waals surface area contributed by atoms with Gasteiger partial charge in [0, 0.05) is 30.7 Å². The maximum Gasteiger partial charge on any atom is 0.267 e. The second kappa shape index (κ2) is 7.15. The van der Waals surface area contributed by atoms with Crippen LogP contribution in [-0.4, -0.2) is 55.6 Å². The maximum atomic E-state index is 13.4. The van der Waals surface area contributed by atoms with Crippen LogP contribution in [-0.2, 0) is 6.54 Å². The molecule has 4 heterocycles. The van der Waals surface area contributed by atoms with Gasteiger partial charge in [-0.1, -0.05) is 17.7 Å². The minimum Gasteiger partial charge on any atom is -0.340 e. The van der Waals surface area contributed by atoms with E-state index in [2.05, 4.69) is 29.1 Å². The molecule has 0 saturated heterocycles. The summed E-state index contributed by atoms with van der Waals surface area (Å²) >= 11 is 0. The highest BCUT2D eigenvalue weighted by atomic mass is 16.2. The number of carbonyl (C=O) groups is 1. The summed E-state index contributed by atoms with van der Waals surface area (Å²) in [5.74, 6) is 2.49. The smallest absolute Gasteiger partial charge is 0.267 e. The summed E-state index contributed by atoms with van der Waals surface area (Å²) in [7, 11) is 1.76. The highest BCUT2D eigenvalue weighted by molar-refractivity contribution is 6.20. The van der Waals surface area contributed by atoms with Crippen molar-refractivity contribution in [2.75, 3.05) is 23.8 Å². The molecule has 1 amide bonds. The van der Waals surface area contributed by atoms with Crippen LogP contribution in [0.2, 0.25) is 0 Å². The standard InChI is InChI=1S/C23H26N8O/c1-14-6-8-17(9-7-14)26-19-18-20(28-31(19)12-16-10-24-15(2)25-11-16)30-13-23(3,4)27-22(30)29(5)21(18)32/h6-11,26H,12-13H2,1-5H3. The van der Waals surface area contributed by atoms with Gasteiger partial charge in [-0.2, -0.15) is 5.10 Å². The number of aryl methyl sites for hydroxylation is 2. The Bertz CT molecular complexity index is 1220. The molecule has 0 aliphatic carbocycles. The van der Waals surface area contributed by atoms with Gasteiger partial charge in [0.1, 0.15) is 17.2 Å². The summed E-state index contributed by atoms with van der Waals surface area (Å²) in [6.07, 6.45) is 3.58. The summed E-state index contributed by atoms with van der Waals surface area (Å²) < 4.78 is 1.82. The lowest BCUT2D eigenvalue weighted by Crippen LogP contribution is -2.48. The summed E-state index contributed by atoms with van der Waals surface area (Å²) in [5.41, 5.74) is 3.19. The van der Waals surface area contributed by atoms with Crippen molar-refractivity contribution in [2.45, 2.75) is 39.8 Å². The Kier molecular flexibility index (Phi) is 4.51. The molecular formula is C23H26N8O. The number of guanidine groups is 1. The van der Waals surface area contributed by atoms with Gasteiger partial charge in [-0.15, -0.1) is 0 Å². The van der Waals surface area contributed by atoms with Crippen LogP contribution in [0.25, 0.3) is 0 Å². The largest absolute Gasteiger partial charge is 0.340 e. The number of nitrogens with zero attached hydrogens (tertiary/aromatic N) is 7. The van der Waals surface area contributed by atoms with Crippen LogP contribution in [0.4, 0.5) is 17.3 Å². The molecule has 164 valence electrons. The molecule has 0 atom stereocenters. The van der Waals surface area contributed by atoms with E-state index in [9.17, 15) is 4.79 Å². The topological polar surface area (TPSA) is 91.5 Å². The molecule has 2 aliphatic heterocycles. The Labute approximate surface area is 186 Å². The van der Waals surface area contributed by atoms with Crippen LogP contribution in [0.1, 0.15) is 41.2 Å². The van der Waals surface area contributed by atoms with E-state index in [-0.39, 0.29) is 11.4 Å². The quantitative estimate of drug-likeness (QED) is 0.684. The summed E-state index contributed by atoms with van der Waals surface area (Å²) in [6.45, 7) is 9.10. The number of rotatable bonds is 4. The van der Waals surface area contributed by atoms with Crippen molar-refractivity contribution in [3.63, 3.8) is 0 Å². The SMILES string of the molecule is Cc1ccc(Nc2c3c(nn2Cc2cnc(C)nc2)N2CC(C)(C)N=C2N(C)C3=O)cc1. The molecule has 2 aliphatic rings. The first-order valence-corrected chi connectivity index (χ1v) is 10.6. The number of amides is 1. The molecule has 3 aromatic rings. The lowest BCUT2D eigenvalue weighted by atomic mass is 10.1. The molecule has 5 rings (SSSR count). The zero-order valence-corrected chi connectivity index (χ0v) is 18.9. The van der Waals surface area contributed by atoms with Crippen molar-refractivity contribution in [3.8, 4) is 0 Å². The van der Waals surface area contributed by atoms with Gasteiger partial charge >= 0.3 is 0 Å². The first-order valence-electron chi connectivity index (χ1n) is 10.6. The van der Waals surface area contributed by atoms with Gasteiger partial charge in [0.2, 0.25) is 5.96 Å². The van der Waals surface area contributed by atoms with Gasteiger partial charge in [0.25, 0.3) is 5.91 Å². The molecule has 0 unspecified atom stereocenters. The zero-order chi connectivity index (χ0) is 22.6. The van der Waals surface area contributed by atoms with Crippen LogP contribution >= 0.6 is 0 Å². The van der Waals surface area contributed by atoms with Gasteiger partial charge < -0.3 is 5.32 Å². The number of benzene rings is 1. The number of nitrogens with one attached hydrogen (secondary N) is 1. The van der Waals surface area contributed by atoms with E-state index in [4.69, 9.17) is 10.1 Å². The molecule has 9 heteroatoms. The Hall–Kier alpha value is -3.75. The third-order valence-electron chi connectivity index (χ3n) is 5.68. The third kappa shape index (κ3) is 3.39. The first kappa shape index (κ1) is 20.2. The van der Waals surface area contributed by atoms with E-state index in [1.807, 2.05) is 47.7 Å². The van der Waals surface area contributed by atoms with Crippen LogP contribution in [0, 0.1) is 13.8 Å². The highest BCUT2D eigenvalue weighted by Crippen LogP contribution is 2.38. The molecule has 2 aromatic heterocycles. The van der Waals surface area contributed by atoms with Crippen molar-refractivity contribution in [1.29, 1.82) is 0 Å². The van der Waals surface area contributed by atoms with Gasteiger partial charge in [-0.05, 0) is 39.8 Å². The fourth-order valence-corrected chi connectivity index (χ4v) is 4.03. The fraction of sp³-hybridized carbons (Fsp3) is 0.348. The van der Waals surface area contributed by atoms with Crippen LogP contribution in [0.15, 0.2) is 41.7 Å². The average Bonchev–Trinajstić information content (AvgIpc) is 3.27. The van der Waals surface area contributed by atoms with E-state index >= 15 is 0 Å². The summed E-state index contributed by atoms with van der Waals surface area (Å²) in [5, 5.41) is 8.31. The van der Waals surface area contributed by atoms with E-state index in [0.717, 1.165) is 11.3 Å². The van der Waals surface area contributed by atoms with Crippen LogP contribution < -0.4 is 10.2 Å². The number of aromatic nitrogens is 4. The molecule has 32 heavy (non-hydrogen) atoms. The Morgan fingerprint density at radius 2 is 1.78 bits per heavy atom. The number of anilines is 3. The van der Waals surface area contributed by atoms with Crippen molar-refractivity contribution in [1.82, 2.24) is 24.6 Å². The van der Waals surface area contributed by atoms with E-state index in [0.29, 0.717) is 42.1 Å². The predicted molar refractivity (Wildman–Crippen MR) is 124 cm³/mol. The highest BCUT2D eigenvalue weighted by Gasteiger charge is 2.45. The number of fused-ring (bicyclic) bond motifs is 3. The van der Waals surface area contributed by atoms with Gasteiger partial charge in [-0.3, -0.25) is 14.6 Å². The summed E-state index contributed by atoms with van der Waals surface area (Å²) in [6, 6.07) is 8.06. The second-order valence-corrected chi connectivity index (χ2v) is 9.01. The Morgan fingerprint density at radius 1 is 1.09 bits per heavy atom. The Balaban J connectivity index is 1.63. The molecule has 1 N–H and O–H groups in total. The maximum absolute atomic E-state index is 13.4. The number of hydrogen-bond donors (Lipinski definition) is 1. The second-order valence-electron chi connectivity index (χ2n) is 9.01. The summed E-state index contributed by atoms with van der Waals surface area (Å²) in [4.78, 5) is 30.4. The van der Waals surface area contributed by atoms with Gasteiger partial charge in [0.15, 0.2) is 5.82 Å². The lowest BCUT2D eigenvalue weighted by Gasteiger charge is -2.30. The molecule has 1 aromatic carbocycles. The molecule has 0 saturated carbocycles. The molecule has 0 radical (unpaired) electrons. The fourth-order valence-electron chi connectivity index (χ4n) is 4.03. The van der Waals surface area contributed by atoms with Crippen molar-refractivity contribution in [3.05, 3.63) is 59.2 Å². The van der Waals surface area contributed by atoms with E-state index in [1.54, 1.807) is 24.3 Å². The predicted octanol–water partition coefficient (Wildman–Crippen LogP) is 3.12. The van der Waals surface area contributed by atoms with Gasteiger partial charge in [-0.25, -0.2) is 19.6 Å². The zero-order valence-electron chi connectivity index (χ0n) is 18.9. The van der Waals surface area contributed by atoms with E-state index < -0.39 is 0 Å². The monoisotopic (exact) mass is 430 g/mol. The number of hydrogen-bond acceptors (Lipinski definition) is 7. The molecular weight excluding hydrogens is 404 g/mol. The number of aliphatic imine (C=N–C) groups is 1. The average molecular weight is 431 g/mol. The molecule has 0 fully saturated rings. The molecule has 0 bridgehead atoms. The minimum absolute atomic E-state index is 0.131. The van der Waals surface area contributed by atoms with Crippen molar-refractivity contribution < 1.29 is 4.79 Å². The molecule has 0 spiro atoms. The van der Waals surface area contributed by atoms with E-state index in [1.165, 1.54) is 5.56 Å². The van der Waals surface area contributed by atoms with Crippen LogP contribution in [0.3, 0.4) is 0 Å². The lowest BCUT2D eigenvalue weighted by molar-refractivity contribution is 0.0866. The normalized spacial score (nSPS) is 16.7. The minimum atomic E-state index is -0.301. The van der Waals surface area contributed by atoms with Crippen molar-refractivity contribution in [2.24, 2.45) is 4.99 Å². The van der Waals surface area contributed by atoms with Crippen LogP contribution in [0.5, 0.6) is 0 Å². The van der Waals surface area contributed by atoms with Gasteiger partial charge in [0.05, 0.1) is 18.6 Å². The first-order chi connectivity index (χ1) is 15.2. The molecule has 9 nitrogen and oxygen atoms in total. The third-order valence-corrected chi connectivity index (χ3v) is 5.68. The van der Waals surface area contributed by atoms with Crippen molar-refractivity contribution >= 4 is 29.2 Å². The Morgan fingerprint density at radius 3 is 2.47 bits per heavy atom. The number of carbonyl (C=O) groups excluding carboxylic acids is 1.